The molecule has 1 aromatic heterocycles. The fourth-order valence-electron chi connectivity index (χ4n) is 2.74. The molecule has 0 bridgehead atoms. The van der Waals surface area contributed by atoms with E-state index in [0.717, 1.165) is 30.2 Å². The third-order valence-electron chi connectivity index (χ3n) is 3.85. The highest BCUT2D eigenvalue weighted by molar-refractivity contribution is 5.95. The van der Waals surface area contributed by atoms with Crippen LogP contribution in [0.4, 0.5) is 11.4 Å². The molecule has 1 aromatic carbocycles. The molecule has 1 aliphatic rings. The van der Waals surface area contributed by atoms with Gasteiger partial charge in [-0.15, -0.1) is 0 Å². The lowest BCUT2D eigenvalue weighted by Gasteiger charge is -2.30. The molecule has 2 aromatic rings. The molecule has 0 unspecified atom stereocenters. The highest BCUT2D eigenvalue weighted by Crippen LogP contribution is 2.26. The van der Waals surface area contributed by atoms with Crippen molar-refractivity contribution >= 4 is 17.3 Å². The summed E-state index contributed by atoms with van der Waals surface area (Å²) in [4.78, 5) is 18.8. The van der Waals surface area contributed by atoms with E-state index in [2.05, 4.69) is 15.2 Å². The minimum Gasteiger partial charge on any atom is -0.445 e. The fourth-order valence-corrected chi connectivity index (χ4v) is 2.74. The quantitative estimate of drug-likeness (QED) is 0.938. The molecular weight excluding hydrogens is 294 g/mol. The van der Waals surface area contributed by atoms with Crippen LogP contribution in [0.5, 0.6) is 0 Å². The van der Waals surface area contributed by atoms with Gasteiger partial charge in [0.2, 0.25) is 5.91 Å². The smallest absolute Gasteiger partial charge is 0.232 e. The van der Waals surface area contributed by atoms with Crippen molar-refractivity contribution in [2.75, 3.05) is 36.5 Å². The Hall–Kier alpha value is -2.34. The van der Waals surface area contributed by atoms with Crippen LogP contribution in [0.15, 0.2) is 28.7 Å². The summed E-state index contributed by atoms with van der Waals surface area (Å²) in [6.07, 6.45) is 0.185. The van der Waals surface area contributed by atoms with E-state index in [1.54, 1.807) is 6.92 Å². The van der Waals surface area contributed by atoms with E-state index in [9.17, 15) is 4.79 Å². The number of hydrogen-bond donors (Lipinski definition) is 1. The molecule has 0 atom stereocenters. The Morgan fingerprint density at radius 1 is 1.26 bits per heavy atom. The SMILES string of the molecule is Cc1nc(C)c(CC(=O)Nc2ccccc2N2CCOCC2)o1. The number of nitrogens with one attached hydrogen (secondary N) is 1. The molecule has 0 saturated carbocycles. The molecule has 0 spiro atoms. The number of morpholine rings is 1. The first kappa shape index (κ1) is 15.6. The Kier molecular flexibility index (Phi) is 4.62. The van der Waals surface area contributed by atoms with Crippen molar-refractivity contribution in [2.24, 2.45) is 0 Å². The number of amides is 1. The van der Waals surface area contributed by atoms with E-state index >= 15 is 0 Å². The molecule has 1 fully saturated rings. The summed E-state index contributed by atoms with van der Waals surface area (Å²) in [5.41, 5.74) is 2.60. The van der Waals surface area contributed by atoms with Crippen molar-refractivity contribution in [1.82, 2.24) is 4.98 Å². The number of carbonyl (C=O) groups is 1. The Morgan fingerprint density at radius 3 is 2.70 bits per heavy atom. The van der Waals surface area contributed by atoms with E-state index in [1.165, 1.54) is 0 Å². The molecule has 1 N–H and O–H groups in total. The molecule has 0 radical (unpaired) electrons. The number of para-hydroxylation sites is 2. The van der Waals surface area contributed by atoms with E-state index in [4.69, 9.17) is 9.15 Å². The first-order chi connectivity index (χ1) is 11.1. The lowest BCUT2D eigenvalue weighted by Crippen LogP contribution is -2.36. The van der Waals surface area contributed by atoms with Gasteiger partial charge < -0.3 is 19.4 Å². The number of aromatic nitrogens is 1. The molecule has 3 rings (SSSR count). The Bertz CT molecular complexity index is 690. The zero-order valence-electron chi connectivity index (χ0n) is 13.5. The summed E-state index contributed by atoms with van der Waals surface area (Å²) in [5.74, 6) is 1.09. The summed E-state index contributed by atoms with van der Waals surface area (Å²) >= 11 is 0. The summed E-state index contributed by atoms with van der Waals surface area (Å²) in [7, 11) is 0. The van der Waals surface area contributed by atoms with Crippen LogP contribution < -0.4 is 10.2 Å². The second-order valence-corrected chi connectivity index (χ2v) is 5.58. The number of nitrogens with zero attached hydrogens (tertiary/aromatic N) is 2. The predicted octanol–water partition coefficient (Wildman–Crippen LogP) is 2.31. The van der Waals surface area contributed by atoms with Gasteiger partial charge in [0, 0.05) is 20.0 Å². The number of oxazole rings is 1. The van der Waals surface area contributed by atoms with Gasteiger partial charge in [-0.25, -0.2) is 4.98 Å². The van der Waals surface area contributed by atoms with Gasteiger partial charge in [0.1, 0.15) is 5.76 Å². The average molecular weight is 315 g/mol. The molecule has 2 heterocycles. The number of rotatable bonds is 4. The number of carbonyl (C=O) groups excluding carboxylic acids is 1. The number of ether oxygens (including phenoxy) is 1. The van der Waals surface area contributed by atoms with Gasteiger partial charge in [0.25, 0.3) is 0 Å². The van der Waals surface area contributed by atoms with Crippen LogP contribution in [-0.2, 0) is 16.0 Å². The fraction of sp³-hybridized carbons (Fsp3) is 0.412. The zero-order chi connectivity index (χ0) is 16.2. The van der Waals surface area contributed by atoms with Crippen molar-refractivity contribution < 1.29 is 13.9 Å². The van der Waals surface area contributed by atoms with Crippen LogP contribution in [0.3, 0.4) is 0 Å². The lowest BCUT2D eigenvalue weighted by molar-refractivity contribution is -0.115. The molecule has 1 saturated heterocycles. The van der Waals surface area contributed by atoms with E-state index in [-0.39, 0.29) is 12.3 Å². The minimum atomic E-state index is -0.107. The molecule has 0 aliphatic carbocycles. The normalized spacial score (nSPS) is 14.8. The Balaban J connectivity index is 1.72. The van der Waals surface area contributed by atoms with Gasteiger partial charge in [-0.1, -0.05) is 12.1 Å². The van der Waals surface area contributed by atoms with Crippen molar-refractivity contribution in [3.63, 3.8) is 0 Å². The summed E-state index contributed by atoms with van der Waals surface area (Å²) in [6.45, 7) is 6.70. The second-order valence-electron chi connectivity index (χ2n) is 5.58. The van der Waals surface area contributed by atoms with Gasteiger partial charge >= 0.3 is 0 Å². The van der Waals surface area contributed by atoms with Gasteiger partial charge in [-0.3, -0.25) is 4.79 Å². The largest absolute Gasteiger partial charge is 0.445 e. The van der Waals surface area contributed by atoms with Gasteiger partial charge in [-0.05, 0) is 19.1 Å². The summed E-state index contributed by atoms with van der Waals surface area (Å²) in [5, 5.41) is 2.98. The maximum absolute atomic E-state index is 12.3. The Labute approximate surface area is 135 Å². The highest BCUT2D eigenvalue weighted by atomic mass is 16.5. The van der Waals surface area contributed by atoms with Gasteiger partial charge in [-0.2, -0.15) is 0 Å². The molecule has 23 heavy (non-hydrogen) atoms. The van der Waals surface area contributed by atoms with Crippen LogP contribution in [-0.4, -0.2) is 37.2 Å². The van der Waals surface area contributed by atoms with Crippen molar-refractivity contribution in [3.8, 4) is 0 Å². The first-order valence-electron chi connectivity index (χ1n) is 7.78. The highest BCUT2D eigenvalue weighted by Gasteiger charge is 2.17. The lowest BCUT2D eigenvalue weighted by atomic mass is 10.2. The second kappa shape index (κ2) is 6.83. The third-order valence-corrected chi connectivity index (χ3v) is 3.85. The summed E-state index contributed by atoms with van der Waals surface area (Å²) < 4.78 is 10.9. The topological polar surface area (TPSA) is 67.6 Å². The number of aryl methyl sites for hydroxylation is 2. The zero-order valence-corrected chi connectivity index (χ0v) is 13.5. The molecule has 6 heteroatoms. The van der Waals surface area contributed by atoms with Crippen molar-refractivity contribution in [2.45, 2.75) is 20.3 Å². The number of benzene rings is 1. The minimum absolute atomic E-state index is 0.107. The first-order valence-corrected chi connectivity index (χ1v) is 7.78. The number of hydrogen-bond acceptors (Lipinski definition) is 5. The van der Waals surface area contributed by atoms with Crippen LogP contribution in [0.25, 0.3) is 0 Å². The third kappa shape index (κ3) is 3.71. The summed E-state index contributed by atoms with van der Waals surface area (Å²) in [6, 6.07) is 7.83. The molecule has 1 aliphatic heterocycles. The monoisotopic (exact) mass is 315 g/mol. The van der Waals surface area contributed by atoms with Crippen LogP contribution in [0.1, 0.15) is 17.3 Å². The molecular formula is C17H21N3O3. The van der Waals surface area contributed by atoms with Crippen LogP contribution in [0.2, 0.25) is 0 Å². The van der Waals surface area contributed by atoms with Gasteiger partial charge in [0.15, 0.2) is 5.89 Å². The molecule has 122 valence electrons. The maximum Gasteiger partial charge on any atom is 0.232 e. The van der Waals surface area contributed by atoms with Gasteiger partial charge in [0.05, 0.1) is 36.7 Å². The average Bonchev–Trinajstić information content (AvgIpc) is 2.86. The van der Waals surface area contributed by atoms with E-state index < -0.39 is 0 Å². The van der Waals surface area contributed by atoms with E-state index in [0.29, 0.717) is 24.9 Å². The standard InChI is InChI=1S/C17H21N3O3/c1-12-16(23-13(2)18-12)11-17(21)19-14-5-3-4-6-15(14)20-7-9-22-10-8-20/h3-6H,7-11H2,1-2H3,(H,19,21). The van der Waals surface area contributed by atoms with E-state index in [1.807, 2.05) is 31.2 Å². The number of anilines is 2. The maximum atomic E-state index is 12.3. The van der Waals surface area contributed by atoms with Crippen molar-refractivity contribution in [1.29, 1.82) is 0 Å². The molecule has 6 nitrogen and oxygen atoms in total. The van der Waals surface area contributed by atoms with Crippen LogP contribution >= 0.6 is 0 Å². The Morgan fingerprint density at radius 2 is 2.00 bits per heavy atom. The van der Waals surface area contributed by atoms with Crippen LogP contribution in [0, 0.1) is 13.8 Å². The van der Waals surface area contributed by atoms with Crippen molar-refractivity contribution in [3.05, 3.63) is 41.6 Å². The molecule has 1 amide bonds. The predicted molar refractivity (Wildman–Crippen MR) is 87.8 cm³/mol.